The van der Waals surface area contributed by atoms with Crippen LogP contribution in [0.15, 0.2) is 23.8 Å². The molecule has 4 heteroatoms. The standard InChI is InChI=1S/C21H25N3O/c1-23(2)16-5-4-15-12-19(25)18(14-22)20(17(15)13-16)24-10-8-21(9-11-24)6-3-7-21/h4-5,13H,3,6-12H2,1-2H3. The first-order valence-electron chi connectivity index (χ1n) is 9.26. The molecule has 3 aliphatic rings. The minimum absolute atomic E-state index is 0.0356. The zero-order chi connectivity index (χ0) is 17.6. The van der Waals surface area contributed by atoms with Gasteiger partial charge in [-0.3, -0.25) is 4.79 Å². The Hall–Kier alpha value is -2.28. The van der Waals surface area contributed by atoms with Gasteiger partial charge in [-0.1, -0.05) is 12.5 Å². The number of carbonyl (C=O) groups is 1. The van der Waals surface area contributed by atoms with E-state index in [2.05, 4.69) is 28.0 Å². The van der Waals surface area contributed by atoms with Crippen molar-refractivity contribution in [2.24, 2.45) is 5.41 Å². The van der Waals surface area contributed by atoms with Crippen molar-refractivity contribution < 1.29 is 4.79 Å². The number of ketones is 1. The van der Waals surface area contributed by atoms with Crippen molar-refractivity contribution in [3.05, 3.63) is 34.9 Å². The normalized spacial score (nSPS) is 21.6. The summed E-state index contributed by atoms with van der Waals surface area (Å²) in [6.07, 6.45) is 6.78. The molecule has 2 aliphatic carbocycles. The average molecular weight is 335 g/mol. The van der Waals surface area contributed by atoms with Gasteiger partial charge in [0.25, 0.3) is 0 Å². The second-order valence-corrected chi connectivity index (χ2v) is 8.01. The predicted molar refractivity (Wildman–Crippen MR) is 99.1 cm³/mol. The molecule has 0 bridgehead atoms. The Kier molecular flexibility index (Phi) is 3.83. The van der Waals surface area contributed by atoms with Crippen molar-refractivity contribution in [1.82, 2.24) is 4.90 Å². The third kappa shape index (κ3) is 2.63. The molecule has 4 rings (SSSR count). The van der Waals surface area contributed by atoms with Crippen molar-refractivity contribution in [2.45, 2.75) is 38.5 Å². The molecule has 0 aromatic heterocycles. The fourth-order valence-corrected chi connectivity index (χ4v) is 4.57. The second kappa shape index (κ2) is 5.91. The third-order valence-corrected chi connectivity index (χ3v) is 6.40. The Bertz CT molecular complexity index is 786. The summed E-state index contributed by atoms with van der Waals surface area (Å²) in [6.45, 7) is 1.92. The Morgan fingerprint density at radius 3 is 2.44 bits per heavy atom. The zero-order valence-corrected chi connectivity index (χ0v) is 15.1. The van der Waals surface area contributed by atoms with Crippen molar-refractivity contribution in [3.8, 4) is 6.07 Å². The van der Waals surface area contributed by atoms with E-state index in [4.69, 9.17) is 0 Å². The average Bonchev–Trinajstić information content (AvgIpc) is 2.59. The molecule has 1 saturated carbocycles. The highest BCUT2D eigenvalue weighted by atomic mass is 16.1. The lowest BCUT2D eigenvalue weighted by Crippen LogP contribution is -2.43. The Labute approximate surface area is 149 Å². The van der Waals surface area contributed by atoms with E-state index in [0.717, 1.165) is 35.6 Å². The monoisotopic (exact) mass is 335 g/mol. The van der Waals surface area contributed by atoms with Gasteiger partial charge in [-0.05, 0) is 48.8 Å². The second-order valence-electron chi connectivity index (χ2n) is 8.01. The number of rotatable bonds is 2. The molecule has 4 nitrogen and oxygen atoms in total. The molecule has 1 heterocycles. The maximum absolute atomic E-state index is 12.5. The molecular weight excluding hydrogens is 310 g/mol. The van der Waals surface area contributed by atoms with Crippen LogP contribution in [0.3, 0.4) is 0 Å². The lowest BCUT2D eigenvalue weighted by atomic mass is 9.63. The van der Waals surface area contributed by atoms with Crippen LogP contribution < -0.4 is 4.90 Å². The Morgan fingerprint density at radius 2 is 1.88 bits per heavy atom. The van der Waals surface area contributed by atoms with E-state index in [-0.39, 0.29) is 5.78 Å². The van der Waals surface area contributed by atoms with Gasteiger partial charge in [-0.2, -0.15) is 5.26 Å². The number of hydrogen-bond acceptors (Lipinski definition) is 4. The van der Waals surface area contributed by atoms with Crippen molar-refractivity contribution in [3.63, 3.8) is 0 Å². The van der Waals surface area contributed by atoms with Crippen LogP contribution >= 0.6 is 0 Å². The van der Waals surface area contributed by atoms with Gasteiger partial charge in [-0.25, -0.2) is 0 Å². The van der Waals surface area contributed by atoms with Crippen molar-refractivity contribution in [1.29, 1.82) is 5.26 Å². The Morgan fingerprint density at radius 1 is 1.16 bits per heavy atom. The van der Waals surface area contributed by atoms with Gasteiger partial charge in [0.2, 0.25) is 0 Å². The first-order valence-corrected chi connectivity index (χ1v) is 9.26. The Balaban J connectivity index is 1.74. The summed E-state index contributed by atoms with van der Waals surface area (Å²) < 4.78 is 0. The van der Waals surface area contributed by atoms with Crippen LogP contribution in [0.25, 0.3) is 5.70 Å². The largest absolute Gasteiger partial charge is 0.378 e. The number of allylic oxidation sites excluding steroid dienone is 1. The molecule has 0 N–H and O–H groups in total. The van der Waals surface area contributed by atoms with Crippen molar-refractivity contribution in [2.75, 3.05) is 32.1 Å². The number of Topliss-reactive ketones (excluding diaryl/α,β-unsaturated/α-hetero) is 1. The summed E-state index contributed by atoms with van der Waals surface area (Å²) in [5.41, 5.74) is 5.02. The quantitative estimate of drug-likeness (QED) is 0.831. The summed E-state index contributed by atoms with van der Waals surface area (Å²) in [5.74, 6) is -0.0356. The number of likely N-dealkylation sites (tertiary alicyclic amines) is 1. The van der Waals surface area contributed by atoms with Crippen LogP contribution in [0.1, 0.15) is 43.2 Å². The highest BCUT2D eigenvalue weighted by Crippen LogP contribution is 2.50. The molecule has 1 aromatic carbocycles. The van der Waals surface area contributed by atoms with E-state index in [1.165, 1.54) is 32.1 Å². The minimum Gasteiger partial charge on any atom is -0.378 e. The maximum atomic E-state index is 12.5. The van der Waals surface area contributed by atoms with Gasteiger partial charge >= 0.3 is 0 Å². The fourth-order valence-electron chi connectivity index (χ4n) is 4.57. The number of piperidine rings is 1. The maximum Gasteiger partial charge on any atom is 0.179 e. The van der Waals surface area contributed by atoms with Gasteiger partial charge in [0, 0.05) is 44.9 Å². The molecule has 1 saturated heterocycles. The number of carbonyl (C=O) groups excluding carboxylic acids is 1. The van der Waals surface area contributed by atoms with Crippen molar-refractivity contribution >= 4 is 17.2 Å². The molecule has 0 unspecified atom stereocenters. The molecule has 1 aromatic rings. The van der Waals surface area contributed by atoms with Crippen LogP contribution in [0.5, 0.6) is 0 Å². The van der Waals surface area contributed by atoms with Crippen LogP contribution in [0, 0.1) is 16.7 Å². The lowest BCUT2D eigenvalue weighted by Gasteiger charge is -2.49. The number of nitriles is 1. The summed E-state index contributed by atoms with van der Waals surface area (Å²) in [4.78, 5) is 16.9. The number of nitrogens with zero attached hydrogens (tertiary/aromatic N) is 3. The highest BCUT2D eigenvalue weighted by Gasteiger charge is 2.41. The van der Waals surface area contributed by atoms with Gasteiger partial charge in [0.15, 0.2) is 5.78 Å². The lowest BCUT2D eigenvalue weighted by molar-refractivity contribution is -0.114. The minimum atomic E-state index is -0.0356. The smallest absolute Gasteiger partial charge is 0.179 e. The SMILES string of the molecule is CN(C)c1ccc2c(c1)C(N1CCC3(CCC3)CC1)=C(C#N)C(=O)C2. The van der Waals surface area contributed by atoms with E-state index < -0.39 is 0 Å². The first-order chi connectivity index (χ1) is 12.0. The molecule has 1 aliphatic heterocycles. The van der Waals surface area contributed by atoms with E-state index in [1.807, 2.05) is 20.2 Å². The molecule has 1 spiro atoms. The molecule has 130 valence electrons. The molecular formula is C21H25N3O. The van der Waals surface area contributed by atoms with E-state index in [9.17, 15) is 10.1 Å². The van der Waals surface area contributed by atoms with Crippen LogP contribution in [0.2, 0.25) is 0 Å². The molecule has 0 amide bonds. The number of hydrogen-bond donors (Lipinski definition) is 0. The van der Waals surface area contributed by atoms with Gasteiger partial charge < -0.3 is 9.80 Å². The number of fused-ring (bicyclic) bond motifs is 1. The number of anilines is 1. The summed E-state index contributed by atoms with van der Waals surface area (Å²) in [6, 6.07) is 8.46. The van der Waals surface area contributed by atoms with E-state index in [0.29, 0.717) is 17.4 Å². The van der Waals surface area contributed by atoms with Gasteiger partial charge in [0.1, 0.15) is 11.6 Å². The highest BCUT2D eigenvalue weighted by molar-refractivity contribution is 6.10. The van der Waals surface area contributed by atoms with Gasteiger partial charge in [-0.15, -0.1) is 0 Å². The molecule has 2 fully saturated rings. The summed E-state index contributed by atoms with van der Waals surface area (Å²) in [5, 5.41) is 9.66. The fraction of sp³-hybridized carbons (Fsp3) is 0.524. The van der Waals surface area contributed by atoms with E-state index >= 15 is 0 Å². The molecule has 25 heavy (non-hydrogen) atoms. The van der Waals surface area contributed by atoms with Crippen LogP contribution in [-0.2, 0) is 11.2 Å². The van der Waals surface area contributed by atoms with Crippen LogP contribution in [0.4, 0.5) is 5.69 Å². The molecule has 0 atom stereocenters. The van der Waals surface area contributed by atoms with E-state index in [1.54, 1.807) is 0 Å². The first kappa shape index (κ1) is 16.2. The molecule has 0 radical (unpaired) electrons. The van der Waals surface area contributed by atoms with Gasteiger partial charge in [0.05, 0.1) is 5.70 Å². The summed E-state index contributed by atoms with van der Waals surface area (Å²) >= 11 is 0. The zero-order valence-electron chi connectivity index (χ0n) is 15.1. The van der Waals surface area contributed by atoms with Crippen LogP contribution in [-0.4, -0.2) is 37.9 Å². The third-order valence-electron chi connectivity index (χ3n) is 6.40. The topological polar surface area (TPSA) is 47.3 Å². The summed E-state index contributed by atoms with van der Waals surface area (Å²) in [7, 11) is 4.04. The predicted octanol–water partition coefficient (Wildman–Crippen LogP) is 3.38. The number of benzene rings is 1.